The molecule has 25 heavy (non-hydrogen) atoms. The van der Waals surface area contributed by atoms with Crippen LogP contribution in [0.2, 0.25) is 0 Å². The van der Waals surface area contributed by atoms with Gasteiger partial charge in [0.1, 0.15) is 0 Å². The number of nitrogens with two attached hydrogens (primary N) is 1. The van der Waals surface area contributed by atoms with Crippen molar-refractivity contribution in [1.82, 2.24) is 5.32 Å². The number of anilines is 1. The van der Waals surface area contributed by atoms with Gasteiger partial charge in [0.25, 0.3) is 5.91 Å². The summed E-state index contributed by atoms with van der Waals surface area (Å²) in [5.74, 6) is 0.223. The minimum absolute atomic E-state index is 0. The fraction of sp³-hybridized carbons (Fsp3) is 0.579. The van der Waals surface area contributed by atoms with Crippen LogP contribution in [0.3, 0.4) is 0 Å². The van der Waals surface area contributed by atoms with Crippen LogP contribution in [-0.4, -0.2) is 23.9 Å². The fourth-order valence-corrected chi connectivity index (χ4v) is 3.07. The van der Waals surface area contributed by atoms with E-state index in [9.17, 15) is 9.59 Å². The van der Waals surface area contributed by atoms with Gasteiger partial charge in [-0.15, -0.1) is 12.4 Å². The van der Waals surface area contributed by atoms with Crippen molar-refractivity contribution in [1.29, 1.82) is 0 Å². The molecule has 1 aliphatic rings. The smallest absolute Gasteiger partial charge is 0.251 e. The molecule has 0 spiro atoms. The van der Waals surface area contributed by atoms with Crippen LogP contribution in [0.5, 0.6) is 0 Å². The van der Waals surface area contributed by atoms with Crippen LogP contribution >= 0.6 is 12.4 Å². The molecular formula is C19H30ClN3O2. The summed E-state index contributed by atoms with van der Waals surface area (Å²) in [6, 6.07) is 7.04. The highest BCUT2D eigenvalue weighted by atomic mass is 35.5. The number of benzene rings is 1. The van der Waals surface area contributed by atoms with E-state index in [1.165, 1.54) is 0 Å². The molecule has 1 fully saturated rings. The van der Waals surface area contributed by atoms with Crippen molar-refractivity contribution in [2.75, 3.05) is 11.9 Å². The van der Waals surface area contributed by atoms with Gasteiger partial charge in [0, 0.05) is 22.7 Å². The first-order valence-corrected chi connectivity index (χ1v) is 8.80. The van der Waals surface area contributed by atoms with Crippen LogP contribution in [0, 0.1) is 11.8 Å². The average Bonchev–Trinajstić information content (AvgIpc) is 3.04. The number of amides is 2. The second-order valence-corrected chi connectivity index (χ2v) is 7.29. The van der Waals surface area contributed by atoms with Crippen LogP contribution in [-0.2, 0) is 4.79 Å². The maximum Gasteiger partial charge on any atom is 0.251 e. The molecule has 140 valence electrons. The predicted molar refractivity (Wildman–Crippen MR) is 104 cm³/mol. The second-order valence-electron chi connectivity index (χ2n) is 7.29. The first-order chi connectivity index (χ1) is 11.4. The van der Waals surface area contributed by atoms with E-state index in [2.05, 4.69) is 10.6 Å². The van der Waals surface area contributed by atoms with Crippen molar-refractivity contribution in [2.45, 2.75) is 52.0 Å². The van der Waals surface area contributed by atoms with Crippen molar-refractivity contribution in [3.8, 4) is 0 Å². The monoisotopic (exact) mass is 367 g/mol. The lowest BCUT2D eigenvalue weighted by Crippen LogP contribution is -2.42. The summed E-state index contributed by atoms with van der Waals surface area (Å²) in [6.45, 7) is 6.59. The number of rotatable bonds is 6. The Bertz CT molecular complexity index is 587. The van der Waals surface area contributed by atoms with Crippen molar-refractivity contribution in [3.63, 3.8) is 0 Å². The maximum atomic E-state index is 12.4. The van der Waals surface area contributed by atoms with Gasteiger partial charge in [-0.25, -0.2) is 0 Å². The standard InChI is InChI=1S/C19H29N3O2.ClH/c1-4-19(2,3)22-17(23)13-8-10-15(11-9-13)21-18(24)16-7-5-6-14(16)12-20;/h8-11,14,16H,4-7,12,20H2,1-3H3,(H,21,24)(H,22,23);1H/t14-,16-;/m1./s1. The lowest BCUT2D eigenvalue weighted by atomic mass is 9.95. The van der Waals surface area contributed by atoms with Crippen molar-refractivity contribution in [3.05, 3.63) is 29.8 Å². The third-order valence-electron chi connectivity index (χ3n) is 5.05. The predicted octanol–water partition coefficient (Wildman–Crippen LogP) is 3.34. The second kappa shape index (κ2) is 9.20. The quantitative estimate of drug-likeness (QED) is 0.720. The van der Waals surface area contributed by atoms with E-state index in [1.807, 2.05) is 20.8 Å². The highest BCUT2D eigenvalue weighted by Gasteiger charge is 2.31. The lowest BCUT2D eigenvalue weighted by molar-refractivity contribution is -0.120. The molecule has 0 radical (unpaired) electrons. The number of carbonyl (C=O) groups excluding carboxylic acids is 2. The summed E-state index contributed by atoms with van der Waals surface area (Å²) in [7, 11) is 0. The van der Waals surface area contributed by atoms with Crippen molar-refractivity contribution in [2.24, 2.45) is 17.6 Å². The number of hydrogen-bond donors (Lipinski definition) is 3. The Kier molecular flexibility index (Phi) is 7.90. The van der Waals surface area contributed by atoms with E-state index in [-0.39, 0.29) is 41.6 Å². The largest absolute Gasteiger partial charge is 0.347 e. The van der Waals surface area contributed by atoms with Gasteiger partial charge in [0.2, 0.25) is 5.91 Å². The SMILES string of the molecule is CCC(C)(C)NC(=O)c1ccc(NC(=O)[C@@H]2CCC[C@@H]2CN)cc1.Cl. The van der Waals surface area contributed by atoms with Gasteiger partial charge in [-0.3, -0.25) is 9.59 Å². The summed E-state index contributed by atoms with van der Waals surface area (Å²) < 4.78 is 0. The Morgan fingerprint density at radius 2 is 1.84 bits per heavy atom. The van der Waals surface area contributed by atoms with Crippen molar-refractivity contribution < 1.29 is 9.59 Å². The van der Waals surface area contributed by atoms with Crippen LogP contribution in [0.25, 0.3) is 0 Å². The molecule has 4 N–H and O–H groups in total. The topological polar surface area (TPSA) is 84.2 Å². The van der Waals surface area contributed by atoms with Gasteiger partial charge in [-0.1, -0.05) is 13.3 Å². The van der Waals surface area contributed by atoms with Crippen molar-refractivity contribution >= 4 is 29.9 Å². The summed E-state index contributed by atoms with van der Waals surface area (Å²) in [5.41, 5.74) is 6.82. The van der Waals surface area contributed by atoms with E-state index in [0.717, 1.165) is 25.7 Å². The minimum atomic E-state index is -0.232. The summed E-state index contributed by atoms with van der Waals surface area (Å²) in [6.07, 6.45) is 3.85. The lowest BCUT2D eigenvalue weighted by Gasteiger charge is -2.24. The summed E-state index contributed by atoms with van der Waals surface area (Å²) in [4.78, 5) is 24.6. The number of hydrogen-bond acceptors (Lipinski definition) is 3. The third-order valence-corrected chi connectivity index (χ3v) is 5.05. The molecule has 1 saturated carbocycles. The molecule has 0 aromatic heterocycles. The van der Waals surface area contributed by atoms with Crippen LogP contribution in [0.4, 0.5) is 5.69 Å². The zero-order chi connectivity index (χ0) is 17.7. The van der Waals surface area contributed by atoms with Crippen LogP contribution in [0.1, 0.15) is 56.8 Å². The molecule has 0 bridgehead atoms. The third kappa shape index (κ3) is 5.72. The molecule has 5 nitrogen and oxygen atoms in total. The fourth-order valence-electron chi connectivity index (χ4n) is 3.07. The van der Waals surface area contributed by atoms with Crippen LogP contribution < -0.4 is 16.4 Å². The molecular weight excluding hydrogens is 338 g/mol. The van der Waals surface area contributed by atoms with E-state index in [4.69, 9.17) is 5.73 Å². The number of nitrogens with one attached hydrogen (secondary N) is 2. The Balaban J connectivity index is 0.00000312. The Hall–Kier alpha value is -1.59. The minimum Gasteiger partial charge on any atom is -0.347 e. The molecule has 0 heterocycles. The maximum absolute atomic E-state index is 12.4. The highest BCUT2D eigenvalue weighted by molar-refractivity contribution is 5.96. The number of halogens is 1. The molecule has 1 aliphatic carbocycles. The van der Waals surface area contributed by atoms with E-state index >= 15 is 0 Å². The molecule has 2 atom stereocenters. The normalized spacial score (nSPS) is 19.8. The van der Waals surface area contributed by atoms with Gasteiger partial charge in [-0.2, -0.15) is 0 Å². The van der Waals surface area contributed by atoms with Gasteiger partial charge >= 0.3 is 0 Å². The van der Waals surface area contributed by atoms with Gasteiger partial charge in [-0.05, 0) is 69.8 Å². The first kappa shape index (κ1) is 21.5. The summed E-state index contributed by atoms with van der Waals surface area (Å²) in [5, 5.41) is 5.95. The van der Waals surface area contributed by atoms with E-state index < -0.39 is 0 Å². The molecule has 1 aromatic rings. The van der Waals surface area contributed by atoms with E-state index in [0.29, 0.717) is 17.8 Å². The van der Waals surface area contributed by atoms with Gasteiger partial charge in [0.15, 0.2) is 0 Å². The van der Waals surface area contributed by atoms with E-state index in [1.54, 1.807) is 24.3 Å². The Labute approximate surface area is 156 Å². The molecule has 0 saturated heterocycles. The molecule has 2 amide bonds. The Morgan fingerprint density at radius 3 is 2.40 bits per heavy atom. The molecule has 0 unspecified atom stereocenters. The van der Waals surface area contributed by atoms with Gasteiger partial charge < -0.3 is 16.4 Å². The molecule has 6 heteroatoms. The zero-order valence-electron chi connectivity index (χ0n) is 15.3. The highest BCUT2D eigenvalue weighted by Crippen LogP contribution is 2.31. The zero-order valence-corrected chi connectivity index (χ0v) is 16.1. The Morgan fingerprint density at radius 1 is 1.20 bits per heavy atom. The van der Waals surface area contributed by atoms with Gasteiger partial charge in [0.05, 0.1) is 0 Å². The molecule has 1 aromatic carbocycles. The van der Waals surface area contributed by atoms with Crippen LogP contribution in [0.15, 0.2) is 24.3 Å². The average molecular weight is 368 g/mol. The summed E-state index contributed by atoms with van der Waals surface area (Å²) >= 11 is 0. The first-order valence-electron chi connectivity index (χ1n) is 8.80. The molecule has 0 aliphatic heterocycles. The number of carbonyl (C=O) groups is 2. The molecule has 2 rings (SSSR count).